The number of nitrogens with zero attached hydrogens (tertiary/aromatic N) is 1. The molecule has 0 bridgehead atoms. The summed E-state index contributed by atoms with van der Waals surface area (Å²) in [6, 6.07) is 14.4. The lowest BCUT2D eigenvalue weighted by Gasteiger charge is -2.31. The fourth-order valence-electron chi connectivity index (χ4n) is 3.46. The minimum Gasteiger partial charge on any atom is -0.462 e. The first-order valence-corrected chi connectivity index (χ1v) is 11.0. The molecule has 0 amide bonds. The highest BCUT2D eigenvalue weighted by Crippen LogP contribution is 2.17. The van der Waals surface area contributed by atoms with E-state index in [1.54, 1.807) is 6.92 Å². The Labute approximate surface area is 166 Å². The number of aryl methyl sites for hydroxylation is 1. The Morgan fingerprint density at radius 1 is 1.11 bits per heavy atom. The van der Waals surface area contributed by atoms with Gasteiger partial charge >= 0.3 is 5.97 Å². The second-order valence-electron chi connectivity index (χ2n) is 7.06. The molecule has 1 aliphatic heterocycles. The van der Waals surface area contributed by atoms with Gasteiger partial charge < -0.3 is 9.64 Å². The number of carbonyl (C=O) groups excluding carboxylic acids is 1. The topological polar surface area (TPSA) is 68.1 Å². The van der Waals surface area contributed by atoms with Crippen LogP contribution >= 0.6 is 0 Å². The lowest BCUT2D eigenvalue weighted by molar-refractivity contribution is -0.917. The van der Waals surface area contributed by atoms with Crippen molar-refractivity contribution in [3.63, 3.8) is 0 Å². The van der Waals surface area contributed by atoms with Gasteiger partial charge in [0.05, 0.1) is 43.2 Å². The van der Waals surface area contributed by atoms with Gasteiger partial charge in [-0.25, -0.2) is 13.2 Å². The lowest BCUT2D eigenvalue weighted by atomic mass is 10.1. The number of hydrogen-bond donors (Lipinski definition) is 1. The van der Waals surface area contributed by atoms with E-state index >= 15 is 0 Å². The second-order valence-corrected chi connectivity index (χ2v) is 9.00. The molecule has 0 unspecified atom stereocenters. The van der Waals surface area contributed by atoms with Crippen molar-refractivity contribution in [1.29, 1.82) is 0 Å². The molecule has 3 rings (SSSR count). The number of ether oxygens (including phenoxy) is 1. The number of rotatable bonds is 6. The molecule has 0 saturated carbocycles. The molecule has 0 atom stereocenters. The van der Waals surface area contributed by atoms with Crippen molar-refractivity contribution in [2.75, 3.05) is 32.8 Å². The predicted octanol–water partition coefficient (Wildman–Crippen LogP) is 1.26. The van der Waals surface area contributed by atoms with Crippen molar-refractivity contribution < 1.29 is 22.8 Å². The van der Waals surface area contributed by atoms with Crippen molar-refractivity contribution >= 4 is 16.0 Å². The summed E-state index contributed by atoms with van der Waals surface area (Å²) in [5.74, 6) is -0.445. The predicted molar refractivity (Wildman–Crippen MR) is 107 cm³/mol. The van der Waals surface area contributed by atoms with E-state index in [1.807, 2.05) is 0 Å². The van der Waals surface area contributed by atoms with E-state index in [9.17, 15) is 13.2 Å². The number of hydrogen-bond acceptors (Lipinski definition) is 4. The third-order valence-corrected chi connectivity index (χ3v) is 6.88. The highest BCUT2D eigenvalue weighted by atomic mass is 32.2. The van der Waals surface area contributed by atoms with Gasteiger partial charge in [0.15, 0.2) is 0 Å². The van der Waals surface area contributed by atoms with Crippen LogP contribution in [0.25, 0.3) is 0 Å². The minimum atomic E-state index is -3.55. The van der Waals surface area contributed by atoms with Crippen LogP contribution in [0.15, 0.2) is 53.4 Å². The van der Waals surface area contributed by atoms with Crippen molar-refractivity contribution in [2.24, 2.45) is 0 Å². The Bertz CT molecular complexity index is 918. The molecule has 2 aromatic rings. The van der Waals surface area contributed by atoms with Crippen LogP contribution < -0.4 is 4.90 Å². The van der Waals surface area contributed by atoms with Gasteiger partial charge in [0.2, 0.25) is 10.0 Å². The molecule has 1 aliphatic rings. The smallest absolute Gasteiger partial charge is 0.338 e. The maximum absolute atomic E-state index is 12.9. The summed E-state index contributed by atoms with van der Waals surface area (Å²) in [7, 11) is -3.55. The fourth-order valence-corrected chi connectivity index (χ4v) is 4.90. The number of carbonyl (C=O) groups is 1. The summed E-state index contributed by atoms with van der Waals surface area (Å²) < 4.78 is 32.3. The highest BCUT2D eigenvalue weighted by Gasteiger charge is 2.30. The van der Waals surface area contributed by atoms with Gasteiger partial charge in [0.1, 0.15) is 6.54 Å². The van der Waals surface area contributed by atoms with Crippen molar-refractivity contribution in [3.8, 4) is 0 Å². The first kappa shape index (κ1) is 20.5. The molecule has 1 fully saturated rings. The largest absolute Gasteiger partial charge is 0.462 e. The SMILES string of the molecule is CCOC(=O)c1ccc(S(=O)(=O)N2CC[NH+](Cc3cccc(C)c3)CC2)cc1. The molecule has 0 aliphatic carbocycles. The number of nitrogens with one attached hydrogen (secondary N) is 1. The maximum Gasteiger partial charge on any atom is 0.338 e. The number of quaternary nitrogens is 1. The van der Waals surface area contributed by atoms with Gasteiger partial charge in [-0.3, -0.25) is 0 Å². The van der Waals surface area contributed by atoms with Crippen LogP contribution in [0.2, 0.25) is 0 Å². The van der Waals surface area contributed by atoms with Crippen LogP contribution in [0.3, 0.4) is 0 Å². The zero-order valence-corrected chi connectivity index (χ0v) is 17.2. The molecule has 0 spiro atoms. The van der Waals surface area contributed by atoms with Crippen molar-refractivity contribution in [1.82, 2.24) is 4.31 Å². The average Bonchev–Trinajstić information content (AvgIpc) is 2.69. The third-order valence-electron chi connectivity index (χ3n) is 4.97. The molecular formula is C21H27N2O4S+. The number of sulfonamides is 1. The van der Waals surface area contributed by atoms with Crippen molar-refractivity contribution in [3.05, 3.63) is 65.2 Å². The van der Waals surface area contributed by atoms with Crippen LogP contribution in [-0.2, 0) is 21.3 Å². The Morgan fingerprint density at radius 2 is 1.79 bits per heavy atom. The highest BCUT2D eigenvalue weighted by molar-refractivity contribution is 7.89. The molecule has 0 aromatic heterocycles. The van der Waals surface area contributed by atoms with Crippen LogP contribution in [0, 0.1) is 6.92 Å². The van der Waals surface area contributed by atoms with Crippen LogP contribution in [0.4, 0.5) is 0 Å². The zero-order chi connectivity index (χ0) is 20.1. The summed E-state index contributed by atoms with van der Waals surface area (Å²) in [5.41, 5.74) is 2.87. The first-order chi connectivity index (χ1) is 13.4. The average molecular weight is 404 g/mol. The normalized spacial score (nSPS) is 16.1. The van der Waals surface area contributed by atoms with Gasteiger partial charge in [-0.1, -0.05) is 29.8 Å². The van der Waals surface area contributed by atoms with Gasteiger partial charge in [-0.15, -0.1) is 0 Å². The molecule has 2 aromatic carbocycles. The Hall–Kier alpha value is -2.22. The second kappa shape index (κ2) is 8.86. The van der Waals surface area contributed by atoms with E-state index in [-0.39, 0.29) is 11.5 Å². The minimum absolute atomic E-state index is 0.211. The molecule has 1 heterocycles. The summed E-state index contributed by atoms with van der Waals surface area (Å²) in [4.78, 5) is 13.3. The van der Waals surface area contributed by atoms with Crippen molar-refractivity contribution in [2.45, 2.75) is 25.3 Å². The fraction of sp³-hybridized carbons (Fsp3) is 0.381. The Morgan fingerprint density at radius 3 is 2.39 bits per heavy atom. The number of piperazine rings is 1. The molecule has 1 saturated heterocycles. The van der Waals surface area contributed by atoms with Gasteiger partial charge in [-0.2, -0.15) is 4.31 Å². The molecule has 1 N–H and O–H groups in total. The Kier molecular flexibility index (Phi) is 6.49. The quantitative estimate of drug-likeness (QED) is 0.738. The molecule has 7 heteroatoms. The summed E-state index contributed by atoms with van der Waals surface area (Å²) in [6.45, 7) is 7.53. The van der Waals surface area contributed by atoms with Crippen LogP contribution in [-0.4, -0.2) is 51.5 Å². The Balaban J connectivity index is 1.62. The lowest BCUT2D eigenvalue weighted by Crippen LogP contribution is -3.13. The van der Waals surface area contributed by atoms with E-state index in [2.05, 4.69) is 31.2 Å². The first-order valence-electron chi connectivity index (χ1n) is 9.56. The summed E-state index contributed by atoms with van der Waals surface area (Å²) in [6.07, 6.45) is 0. The summed E-state index contributed by atoms with van der Waals surface area (Å²) in [5, 5.41) is 0. The number of esters is 1. The maximum atomic E-state index is 12.9. The van der Waals surface area contributed by atoms with E-state index in [4.69, 9.17) is 4.74 Å². The molecule has 0 radical (unpaired) electrons. The molecule has 28 heavy (non-hydrogen) atoms. The monoisotopic (exact) mass is 403 g/mol. The zero-order valence-electron chi connectivity index (χ0n) is 16.3. The van der Waals surface area contributed by atoms with Crippen LogP contribution in [0.1, 0.15) is 28.4 Å². The molecule has 150 valence electrons. The van der Waals surface area contributed by atoms with E-state index in [0.29, 0.717) is 18.7 Å². The van der Waals surface area contributed by atoms with Gasteiger partial charge in [0.25, 0.3) is 0 Å². The third kappa shape index (κ3) is 4.79. The summed E-state index contributed by atoms with van der Waals surface area (Å²) >= 11 is 0. The molecular weight excluding hydrogens is 376 g/mol. The van der Waals surface area contributed by atoms with E-state index in [1.165, 1.54) is 44.6 Å². The standard InChI is InChI=1S/C21H26N2O4S/c1-3-27-21(24)19-7-9-20(10-8-19)28(25,26)23-13-11-22(12-14-23)16-18-6-4-5-17(2)15-18/h4-10,15H,3,11-14,16H2,1-2H3/p+1. The number of benzene rings is 2. The van der Waals surface area contributed by atoms with E-state index < -0.39 is 16.0 Å². The van der Waals surface area contributed by atoms with Gasteiger partial charge in [0, 0.05) is 5.56 Å². The van der Waals surface area contributed by atoms with E-state index in [0.717, 1.165) is 19.6 Å². The van der Waals surface area contributed by atoms with Gasteiger partial charge in [-0.05, 0) is 38.1 Å². The van der Waals surface area contributed by atoms with Crippen LogP contribution in [0.5, 0.6) is 0 Å². The molecule has 6 nitrogen and oxygen atoms in total.